The third-order valence-corrected chi connectivity index (χ3v) is 4.28. The molecule has 1 aromatic carbocycles. The number of benzene rings is 1. The second-order valence-electron chi connectivity index (χ2n) is 3.96. The Bertz CT molecular complexity index is 748. The summed E-state index contributed by atoms with van der Waals surface area (Å²) in [5.74, 6) is 0. The maximum absolute atomic E-state index is 12.1. The molecule has 7 heteroatoms. The second-order valence-corrected chi connectivity index (χ2v) is 6.05. The Balaban J connectivity index is 2.34. The van der Waals surface area contributed by atoms with Gasteiger partial charge in [0.05, 0.1) is 10.6 Å². The first-order valence-corrected chi connectivity index (χ1v) is 7.22. The van der Waals surface area contributed by atoms with Crippen LogP contribution in [-0.4, -0.2) is 13.4 Å². The standard InChI is InChI=1S/C12H11ClN2O3S/c1-8-2-4-10(6-11(8)13)19(17,18)15-9-3-5-12(16)14-7-9/h2-7,15H,1H3,(H,14,16). The van der Waals surface area contributed by atoms with Crippen LogP contribution in [-0.2, 0) is 10.0 Å². The molecule has 0 bridgehead atoms. The lowest BCUT2D eigenvalue weighted by molar-refractivity contribution is 0.601. The van der Waals surface area contributed by atoms with E-state index < -0.39 is 10.0 Å². The van der Waals surface area contributed by atoms with Gasteiger partial charge in [-0.15, -0.1) is 0 Å². The highest BCUT2D eigenvalue weighted by Crippen LogP contribution is 2.21. The highest BCUT2D eigenvalue weighted by molar-refractivity contribution is 7.92. The smallest absolute Gasteiger partial charge is 0.261 e. The molecule has 0 saturated heterocycles. The number of pyridine rings is 1. The van der Waals surface area contributed by atoms with Crippen LogP contribution in [0.15, 0.2) is 46.2 Å². The fraction of sp³-hybridized carbons (Fsp3) is 0.0833. The highest BCUT2D eigenvalue weighted by Gasteiger charge is 2.15. The number of hydrogen-bond donors (Lipinski definition) is 2. The first-order chi connectivity index (χ1) is 8.88. The summed E-state index contributed by atoms with van der Waals surface area (Å²) in [6.07, 6.45) is 1.29. The molecule has 0 aliphatic carbocycles. The number of halogens is 1. The van der Waals surface area contributed by atoms with Crippen molar-refractivity contribution >= 4 is 27.3 Å². The minimum atomic E-state index is -3.72. The van der Waals surface area contributed by atoms with E-state index in [9.17, 15) is 13.2 Å². The van der Waals surface area contributed by atoms with Gasteiger partial charge in [-0.2, -0.15) is 0 Å². The van der Waals surface area contributed by atoms with Crippen LogP contribution in [0, 0.1) is 6.92 Å². The van der Waals surface area contributed by atoms with Crippen LogP contribution in [0.4, 0.5) is 5.69 Å². The molecule has 1 aromatic heterocycles. The lowest BCUT2D eigenvalue weighted by atomic mass is 10.2. The van der Waals surface area contributed by atoms with Crippen LogP contribution in [0.1, 0.15) is 5.56 Å². The van der Waals surface area contributed by atoms with Gasteiger partial charge in [-0.05, 0) is 30.7 Å². The van der Waals surface area contributed by atoms with Crippen molar-refractivity contribution in [3.8, 4) is 0 Å². The average molecular weight is 299 g/mol. The minimum absolute atomic E-state index is 0.0642. The zero-order valence-electron chi connectivity index (χ0n) is 9.98. The largest absolute Gasteiger partial charge is 0.327 e. The maximum atomic E-state index is 12.1. The number of aromatic amines is 1. The van der Waals surface area contributed by atoms with Gasteiger partial charge in [-0.25, -0.2) is 8.42 Å². The summed E-state index contributed by atoms with van der Waals surface area (Å²) >= 11 is 5.90. The van der Waals surface area contributed by atoms with E-state index in [2.05, 4.69) is 9.71 Å². The van der Waals surface area contributed by atoms with E-state index in [0.29, 0.717) is 5.02 Å². The summed E-state index contributed by atoms with van der Waals surface area (Å²) in [4.78, 5) is 13.3. The van der Waals surface area contributed by atoms with Crippen molar-refractivity contribution in [1.82, 2.24) is 4.98 Å². The summed E-state index contributed by atoms with van der Waals surface area (Å²) in [5, 5.41) is 0.379. The van der Waals surface area contributed by atoms with Crippen LogP contribution in [0.25, 0.3) is 0 Å². The molecule has 5 nitrogen and oxygen atoms in total. The van der Waals surface area contributed by atoms with Gasteiger partial charge in [0.2, 0.25) is 5.56 Å². The van der Waals surface area contributed by atoms with Gasteiger partial charge in [-0.3, -0.25) is 9.52 Å². The molecule has 100 valence electrons. The van der Waals surface area contributed by atoms with E-state index in [1.165, 1.54) is 30.5 Å². The zero-order valence-corrected chi connectivity index (χ0v) is 11.5. The number of H-pyrrole nitrogens is 1. The van der Waals surface area contributed by atoms with Gasteiger partial charge < -0.3 is 4.98 Å². The Hall–Kier alpha value is -1.79. The van der Waals surface area contributed by atoms with Gasteiger partial charge in [0.1, 0.15) is 0 Å². The van der Waals surface area contributed by atoms with E-state index in [4.69, 9.17) is 11.6 Å². The van der Waals surface area contributed by atoms with Gasteiger partial charge in [-0.1, -0.05) is 17.7 Å². The minimum Gasteiger partial charge on any atom is -0.327 e. The zero-order chi connectivity index (χ0) is 14.0. The number of sulfonamides is 1. The molecule has 0 radical (unpaired) electrons. The Morgan fingerprint density at radius 3 is 2.53 bits per heavy atom. The molecule has 0 unspecified atom stereocenters. The number of aryl methyl sites for hydroxylation is 1. The molecule has 2 aromatic rings. The predicted octanol–water partition coefficient (Wildman–Crippen LogP) is 2.14. The van der Waals surface area contributed by atoms with Crippen molar-refractivity contribution in [3.05, 3.63) is 57.5 Å². The molecular weight excluding hydrogens is 288 g/mol. The van der Waals surface area contributed by atoms with E-state index in [1.54, 1.807) is 13.0 Å². The number of anilines is 1. The lowest BCUT2D eigenvalue weighted by Gasteiger charge is -2.08. The number of rotatable bonds is 3. The summed E-state index contributed by atoms with van der Waals surface area (Å²) < 4.78 is 26.5. The van der Waals surface area contributed by atoms with Crippen molar-refractivity contribution in [1.29, 1.82) is 0 Å². The van der Waals surface area contributed by atoms with Gasteiger partial charge in [0.25, 0.3) is 10.0 Å². The Morgan fingerprint density at radius 2 is 1.95 bits per heavy atom. The van der Waals surface area contributed by atoms with E-state index in [0.717, 1.165) is 5.56 Å². The molecule has 0 atom stereocenters. The van der Waals surface area contributed by atoms with Crippen LogP contribution in [0.3, 0.4) is 0 Å². The summed E-state index contributed by atoms with van der Waals surface area (Å²) in [6.45, 7) is 1.79. The van der Waals surface area contributed by atoms with Crippen molar-refractivity contribution < 1.29 is 8.42 Å². The lowest BCUT2D eigenvalue weighted by Crippen LogP contribution is -2.14. The Kier molecular flexibility index (Phi) is 3.64. The average Bonchev–Trinajstić information content (AvgIpc) is 2.35. The molecule has 0 fully saturated rings. The highest BCUT2D eigenvalue weighted by atomic mass is 35.5. The molecular formula is C12H11ClN2O3S. The quantitative estimate of drug-likeness (QED) is 0.911. The molecule has 0 aliphatic rings. The third-order valence-electron chi connectivity index (χ3n) is 2.49. The molecule has 1 heterocycles. The predicted molar refractivity (Wildman–Crippen MR) is 74.1 cm³/mol. The molecule has 0 spiro atoms. The van der Waals surface area contributed by atoms with Crippen LogP contribution >= 0.6 is 11.6 Å². The fourth-order valence-electron chi connectivity index (χ4n) is 1.43. The molecule has 0 aliphatic heterocycles. The van der Waals surface area contributed by atoms with Crippen LogP contribution < -0.4 is 10.3 Å². The van der Waals surface area contributed by atoms with Crippen molar-refractivity contribution in [2.45, 2.75) is 11.8 Å². The van der Waals surface area contributed by atoms with Crippen molar-refractivity contribution in [2.24, 2.45) is 0 Å². The summed E-state index contributed by atoms with van der Waals surface area (Å²) in [7, 11) is -3.72. The van der Waals surface area contributed by atoms with Gasteiger partial charge in [0, 0.05) is 17.3 Å². The molecule has 2 N–H and O–H groups in total. The van der Waals surface area contributed by atoms with Gasteiger partial charge in [0.15, 0.2) is 0 Å². The second kappa shape index (κ2) is 5.07. The van der Waals surface area contributed by atoms with Crippen LogP contribution in [0.2, 0.25) is 5.02 Å². The van der Waals surface area contributed by atoms with Crippen molar-refractivity contribution in [2.75, 3.05) is 4.72 Å². The normalized spacial score (nSPS) is 11.3. The first-order valence-electron chi connectivity index (χ1n) is 5.36. The molecule has 0 saturated carbocycles. The monoisotopic (exact) mass is 298 g/mol. The van der Waals surface area contributed by atoms with E-state index in [-0.39, 0.29) is 16.1 Å². The maximum Gasteiger partial charge on any atom is 0.261 e. The molecule has 19 heavy (non-hydrogen) atoms. The van der Waals surface area contributed by atoms with Crippen LogP contribution in [0.5, 0.6) is 0 Å². The molecule has 0 amide bonds. The first kappa shape index (κ1) is 13.6. The Labute approximate surface area is 115 Å². The van der Waals surface area contributed by atoms with E-state index >= 15 is 0 Å². The summed E-state index contributed by atoms with van der Waals surface area (Å²) in [6, 6.07) is 7.09. The number of hydrogen-bond acceptors (Lipinski definition) is 3. The molecule has 2 rings (SSSR count). The Morgan fingerprint density at radius 1 is 1.21 bits per heavy atom. The van der Waals surface area contributed by atoms with Crippen molar-refractivity contribution in [3.63, 3.8) is 0 Å². The number of nitrogens with one attached hydrogen (secondary N) is 2. The summed E-state index contributed by atoms with van der Waals surface area (Å²) in [5.41, 5.74) is 0.766. The number of aromatic nitrogens is 1. The fourth-order valence-corrected chi connectivity index (χ4v) is 2.75. The van der Waals surface area contributed by atoms with E-state index in [1.807, 2.05) is 0 Å². The van der Waals surface area contributed by atoms with Gasteiger partial charge >= 0.3 is 0 Å². The SMILES string of the molecule is Cc1ccc(S(=O)(=O)Nc2ccc(=O)[nH]c2)cc1Cl. The third kappa shape index (κ3) is 3.15. The topological polar surface area (TPSA) is 79.0 Å².